The first kappa shape index (κ1) is 13.2. The molecule has 4 heteroatoms. The number of thiazole rings is 1. The molecule has 2 nitrogen and oxygen atoms in total. The fourth-order valence-electron chi connectivity index (χ4n) is 1.88. The Kier molecular flexibility index (Phi) is 4.09. The molecule has 0 bridgehead atoms. The van der Waals surface area contributed by atoms with Gasteiger partial charge in [0.15, 0.2) is 0 Å². The van der Waals surface area contributed by atoms with E-state index in [0.717, 1.165) is 29.2 Å². The van der Waals surface area contributed by atoms with E-state index in [2.05, 4.69) is 17.2 Å². The Labute approximate surface area is 111 Å². The van der Waals surface area contributed by atoms with Gasteiger partial charge in [-0.05, 0) is 32.5 Å². The van der Waals surface area contributed by atoms with E-state index >= 15 is 0 Å². The molecule has 1 N–H and O–H groups in total. The van der Waals surface area contributed by atoms with Crippen molar-refractivity contribution in [2.75, 3.05) is 7.05 Å². The van der Waals surface area contributed by atoms with Gasteiger partial charge in [0.2, 0.25) is 0 Å². The third-order valence-electron chi connectivity index (χ3n) is 2.80. The monoisotopic (exact) mass is 264 g/mol. The smallest absolute Gasteiger partial charge is 0.133 e. The van der Waals surface area contributed by atoms with Crippen LogP contribution in [0.3, 0.4) is 0 Å². The zero-order chi connectivity index (χ0) is 13.1. The van der Waals surface area contributed by atoms with E-state index in [0.29, 0.717) is 5.56 Å². The molecule has 18 heavy (non-hydrogen) atoms. The second-order valence-corrected chi connectivity index (χ2v) is 5.34. The van der Waals surface area contributed by atoms with Crippen LogP contribution in [0.1, 0.15) is 23.1 Å². The molecule has 0 aliphatic rings. The quantitative estimate of drug-likeness (QED) is 0.913. The summed E-state index contributed by atoms with van der Waals surface area (Å²) < 4.78 is 13.8. The number of rotatable bonds is 4. The summed E-state index contributed by atoms with van der Waals surface area (Å²) >= 11 is 1.57. The maximum Gasteiger partial charge on any atom is 0.133 e. The van der Waals surface area contributed by atoms with Gasteiger partial charge in [-0.2, -0.15) is 0 Å². The van der Waals surface area contributed by atoms with Crippen molar-refractivity contribution in [1.82, 2.24) is 10.3 Å². The fraction of sp³-hybridized carbons (Fsp3) is 0.357. The molecule has 0 saturated heterocycles. The van der Waals surface area contributed by atoms with Crippen molar-refractivity contribution < 1.29 is 4.39 Å². The van der Waals surface area contributed by atoms with Gasteiger partial charge < -0.3 is 5.32 Å². The van der Waals surface area contributed by atoms with Gasteiger partial charge in [-0.25, -0.2) is 9.37 Å². The molecule has 0 unspecified atom stereocenters. The highest BCUT2D eigenvalue weighted by Gasteiger charge is 2.13. The molecule has 0 aliphatic carbocycles. The van der Waals surface area contributed by atoms with E-state index in [4.69, 9.17) is 0 Å². The van der Waals surface area contributed by atoms with Gasteiger partial charge in [0.1, 0.15) is 10.8 Å². The van der Waals surface area contributed by atoms with Gasteiger partial charge in [0.25, 0.3) is 0 Å². The van der Waals surface area contributed by atoms with Gasteiger partial charge in [-0.1, -0.05) is 18.6 Å². The first-order valence-electron chi connectivity index (χ1n) is 6.05. The lowest BCUT2D eigenvalue weighted by Crippen LogP contribution is -2.05. The number of hydrogen-bond donors (Lipinski definition) is 1. The van der Waals surface area contributed by atoms with Crippen LogP contribution in [-0.2, 0) is 13.0 Å². The number of halogens is 1. The van der Waals surface area contributed by atoms with E-state index in [1.54, 1.807) is 17.4 Å². The minimum Gasteiger partial charge on any atom is -0.315 e. The van der Waals surface area contributed by atoms with E-state index < -0.39 is 0 Å². The number of aryl methyl sites for hydroxylation is 2. The summed E-state index contributed by atoms with van der Waals surface area (Å²) in [5.74, 6) is -0.201. The van der Waals surface area contributed by atoms with Crippen molar-refractivity contribution in [1.29, 1.82) is 0 Å². The number of benzene rings is 1. The summed E-state index contributed by atoms with van der Waals surface area (Å²) in [4.78, 5) is 5.75. The molecule has 0 saturated carbocycles. The Bertz CT molecular complexity index is 549. The number of nitrogens with one attached hydrogen (secondary N) is 1. The minimum absolute atomic E-state index is 0.201. The average molecular weight is 264 g/mol. The summed E-state index contributed by atoms with van der Waals surface area (Å²) in [5.41, 5.74) is 2.72. The van der Waals surface area contributed by atoms with Gasteiger partial charge >= 0.3 is 0 Å². The Hall–Kier alpha value is -1.26. The number of aromatic nitrogens is 1. The molecule has 0 amide bonds. The molecule has 2 aromatic rings. The van der Waals surface area contributed by atoms with Crippen molar-refractivity contribution in [3.63, 3.8) is 0 Å². The number of nitrogens with zero attached hydrogens (tertiary/aromatic N) is 1. The Morgan fingerprint density at radius 3 is 2.83 bits per heavy atom. The third kappa shape index (κ3) is 2.60. The molecule has 0 aliphatic heterocycles. The number of hydrogen-bond acceptors (Lipinski definition) is 3. The van der Waals surface area contributed by atoms with Gasteiger partial charge in [0, 0.05) is 17.0 Å². The standard InChI is InChI=1S/C14H17FN2S/c1-4-12-13(8-16-3)18-14(17-12)10-7-9(2)5-6-11(10)15/h5-7,16H,4,8H2,1-3H3. The summed E-state index contributed by atoms with van der Waals surface area (Å²) in [6, 6.07) is 5.15. The molecular formula is C14H17FN2S. The molecule has 0 spiro atoms. The van der Waals surface area contributed by atoms with Crippen LogP contribution in [0.2, 0.25) is 0 Å². The molecule has 0 radical (unpaired) electrons. The SMILES string of the molecule is CCc1nc(-c2cc(C)ccc2F)sc1CNC. The van der Waals surface area contributed by atoms with Crippen molar-refractivity contribution >= 4 is 11.3 Å². The van der Waals surface area contributed by atoms with E-state index in [1.807, 2.05) is 20.0 Å². The highest BCUT2D eigenvalue weighted by Crippen LogP contribution is 2.30. The molecule has 0 fully saturated rings. The largest absolute Gasteiger partial charge is 0.315 e. The fourth-order valence-corrected chi connectivity index (χ4v) is 3.06. The van der Waals surface area contributed by atoms with Crippen molar-refractivity contribution in [3.05, 3.63) is 40.2 Å². The molecule has 1 heterocycles. The van der Waals surface area contributed by atoms with Crippen LogP contribution in [0.4, 0.5) is 4.39 Å². The van der Waals surface area contributed by atoms with E-state index in [9.17, 15) is 4.39 Å². The summed E-state index contributed by atoms with van der Waals surface area (Å²) in [6.45, 7) is 4.82. The second-order valence-electron chi connectivity index (χ2n) is 4.26. The van der Waals surface area contributed by atoms with Crippen LogP contribution in [0.25, 0.3) is 10.6 Å². The predicted molar refractivity (Wildman–Crippen MR) is 74.4 cm³/mol. The Morgan fingerprint density at radius 2 is 2.17 bits per heavy atom. The lowest BCUT2D eigenvalue weighted by molar-refractivity contribution is 0.630. The third-order valence-corrected chi connectivity index (χ3v) is 3.93. The summed E-state index contributed by atoms with van der Waals surface area (Å²) in [7, 11) is 1.91. The van der Waals surface area contributed by atoms with Crippen LogP contribution in [-0.4, -0.2) is 12.0 Å². The highest BCUT2D eigenvalue weighted by atomic mass is 32.1. The zero-order valence-electron chi connectivity index (χ0n) is 10.9. The normalized spacial score (nSPS) is 10.9. The average Bonchev–Trinajstić information content (AvgIpc) is 2.76. The first-order chi connectivity index (χ1) is 8.65. The van der Waals surface area contributed by atoms with Crippen molar-refractivity contribution in [2.24, 2.45) is 0 Å². The van der Waals surface area contributed by atoms with Crippen molar-refractivity contribution in [2.45, 2.75) is 26.8 Å². The lowest BCUT2D eigenvalue weighted by atomic mass is 10.1. The maximum atomic E-state index is 13.8. The highest BCUT2D eigenvalue weighted by molar-refractivity contribution is 7.15. The molecule has 96 valence electrons. The van der Waals surface area contributed by atoms with E-state index in [1.165, 1.54) is 10.9 Å². The van der Waals surface area contributed by atoms with Gasteiger partial charge in [-0.15, -0.1) is 11.3 Å². The van der Waals surface area contributed by atoms with Crippen LogP contribution in [0.5, 0.6) is 0 Å². The van der Waals surface area contributed by atoms with Crippen LogP contribution in [0.15, 0.2) is 18.2 Å². The van der Waals surface area contributed by atoms with Crippen LogP contribution < -0.4 is 5.32 Å². The zero-order valence-corrected chi connectivity index (χ0v) is 11.7. The topological polar surface area (TPSA) is 24.9 Å². The molecule has 0 atom stereocenters. The predicted octanol–water partition coefficient (Wildman–Crippen LogP) is 3.54. The second kappa shape index (κ2) is 5.59. The lowest BCUT2D eigenvalue weighted by Gasteiger charge is -2.00. The Morgan fingerprint density at radius 1 is 1.39 bits per heavy atom. The molecular weight excluding hydrogens is 247 g/mol. The molecule has 1 aromatic heterocycles. The molecule has 1 aromatic carbocycles. The Balaban J connectivity index is 2.47. The van der Waals surface area contributed by atoms with E-state index in [-0.39, 0.29) is 5.82 Å². The first-order valence-corrected chi connectivity index (χ1v) is 6.87. The van der Waals surface area contributed by atoms with Crippen molar-refractivity contribution in [3.8, 4) is 10.6 Å². The van der Waals surface area contributed by atoms with Crippen LogP contribution >= 0.6 is 11.3 Å². The summed E-state index contributed by atoms with van der Waals surface area (Å²) in [5, 5.41) is 3.90. The van der Waals surface area contributed by atoms with Gasteiger partial charge in [-0.3, -0.25) is 0 Å². The molecule has 2 rings (SSSR count). The maximum absolute atomic E-state index is 13.8. The van der Waals surface area contributed by atoms with Gasteiger partial charge in [0.05, 0.1) is 5.69 Å². The summed E-state index contributed by atoms with van der Waals surface area (Å²) in [6.07, 6.45) is 0.876. The minimum atomic E-state index is -0.201. The van der Waals surface area contributed by atoms with Crippen LogP contribution in [0, 0.1) is 12.7 Å².